The van der Waals surface area contributed by atoms with Crippen molar-refractivity contribution in [1.82, 2.24) is 19.5 Å². The van der Waals surface area contributed by atoms with Gasteiger partial charge in [-0.2, -0.15) is 0 Å². The Kier molecular flexibility index (Phi) is 5.25. The lowest BCUT2D eigenvalue weighted by Gasteiger charge is -2.22. The topological polar surface area (TPSA) is 83.4 Å². The number of aryl methyl sites for hydroxylation is 1. The molecule has 1 aliphatic heterocycles. The van der Waals surface area contributed by atoms with E-state index in [1.807, 2.05) is 0 Å². The van der Waals surface area contributed by atoms with Gasteiger partial charge in [-0.3, -0.25) is 9.69 Å². The van der Waals surface area contributed by atoms with Gasteiger partial charge in [-0.1, -0.05) is 6.92 Å². The van der Waals surface area contributed by atoms with Crippen LogP contribution in [0.4, 0.5) is 0 Å². The second-order valence-electron chi connectivity index (χ2n) is 5.51. The molecule has 0 bridgehead atoms. The maximum atomic E-state index is 12.3. The third-order valence-electron chi connectivity index (χ3n) is 4.20. The number of carbonyl (C=O) groups excluding carboxylic acids is 1. The van der Waals surface area contributed by atoms with Gasteiger partial charge in [-0.25, -0.2) is 13.1 Å². The highest BCUT2D eigenvalue weighted by Gasteiger charge is 2.24. The quantitative estimate of drug-likeness (QED) is 0.778. The Morgan fingerprint density at radius 3 is 2.82 bits per heavy atom. The van der Waals surface area contributed by atoms with E-state index in [2.05, 4.69) is 21.9 Å². The molecule has 124 valence electrons. The van der Waals surface area contributed by atoms with Crippen LogP contribution in [0, 0.1) is 0 Å². The van der Waals surface area contributed by atoms with Crippen molar-refractivity contribution in [1.29, 1.82) is 0 Å². The van der Waals surface area contributed by atoms with E-state index in [0.717, 1.165) is 25.9 Å². The van der Waals surface area contributed by atoms with E-state index in [9.17, 15) is 13.2 Å². The molecule has 7 nitrogen and oxygen atoms in total. The van der Waals surface area contributed by atoms with Crippen molar-refractivity contribution in [2.75, 3.05) is 26.7 Å². The van der Waals surface area contributed by atoms with Gasteiger partial charge in [0.2, 0.25) is 10.0 Å². The van der Waals surface area contributed by atoms with E-state index >= 15 is 0 Å². The second kappa shape index (κ2) is 6.80. The summed E-state index contributed by atoms with van der Waals surface area (Å²) in [5.41, 5.74) is 0.342. The SMILES string of the molecule is CCN1CCCC1CNC(=O)c1cc(S(=O)(=O)NC)cn1C. The number of sulfonamides is 1. The summed E-state index contributed by atoms with van der Waals surface area (Å²) in [7, 11) is -0.523. The number of rotatable bonds is 6. The molecular weight excluding hydrogens is 304 g/mol. The van der Waals surface area contributed by atoms with Crippen LogP contribution in [-0.2, 0) is 17.1 Å². The van der Waals surface area contributed by atoms with Gasteiger partial charge in [0.1, 0.15) is 10.6 Å². The standard InChI is InChI=1S/C14H24N4O3S/c1-4-18-7-5-6-11(18)9-16-14(19)13-8-12(10-17(13)3)22(20,21)15-2/h8,10-11,15H,4-7,9H2,1-3H3,(H,16,19). The molecule has 1 aliphatic rings. The normalized spacial score (nSPS) is 19.5. The Labute approximate surface area is 131 Å². The first kappa shape index (κ1) is 17.0. The molecule has 2 heterocycles. The predicted octanol–water partition coefficient (Wildman–Crippen LogP) is 0.147. The Bertz CT molecular complexity index is 639. The summed E-state index contributed by atoms with van der Waals surface area (Å²) < 4.78 is 27.3. The summed E-state index contributed by atoms with van der Waals surface area (Å²) in [6.07, 6.45) is 3.68. The minimum atomic E-state index is -3.54. The number of nitrogens with one attached hydrogen (secondary N) is 2. The highest BCUT2D eigenvalue weighted by Crippen LogP contribution is 2.16. The first-order valence-corrected chi connectivity index (χ1v) is 8.99. The molecule has 1 aromatic heterocycles. The minimum Gasteiger partial charge on any atom is -0.349 e. The molecule has 0 aromatic carbocycles. The van der Waals surface area contributed by atoms with Crippen LogP contribution < -0.4 is 10.0 Å². The van der Waals surface area contributed by atoms with Gasteiger partial charge in [0.15, 0.2) is 0 Å². The molecular formula is C14H24N4O3S. The number of hydrogen-bond donors (Lipinski definition) is 2. The molecule has 1 saturated heterocycles. The molecule has 8 heteroatoms. The molecule has 1 amide bonds. The molecule has 1 fully saturated rings. The highest BCUT2D eigenvalue weighted by molar-refractivity contribution is 7.89. The number of amides is 1. The zero-order valence-electron chi connectivity index (χ0n) is 13.3. The fourth-order valence-corrected chi connectivity index (χ4v) is 3.67. The Hall–Kier alpha value is -1.38. The van der Waals surface area contributed by atoms with Crippen LogP contribution in [0.1, 0.15) is 30.3 Å². The van der Waals surface area contributed by atoms with Crippen molar-refractivity contribution in [3.05, 3.63) is 18.0 Å². The van der Waals surface area contributed by atoms with Crippen LogP contribution in [0.25, 0.3) is 0 Å². The first-order valence-electron chi connectivity index (χ1n) is 7.51. The van der Waals surface area contributed by atoms with Crippen LogP contribution in [-0.4, -0.2) is 56.5 Å². The monoisotopic (exact) mass is 328 g/mol. The second-order valence-corrected chi connectivity index (χ2v) is 7.40. The van der Waals surface area contributed by atoms with E-state index in [1.54, 1.807) is 7.05 Å². The summed E-state index contributed by atoms with van der Waals surface area (Å²) >= 11 is 0. The Morgan fingerprint density at radius 1 is 1.45 bits per heavy atom. The fraction of sp³-hybridized carbons (Fsp3) is 0.643. The maximum absolute atomic E-state index is 12.3. The number of likely N-dealkylation sites (tertiary alicyclic amines) is 1. The van der Waals surface area contributed by atoms with Gasteiger partial charge in [0.05, 0.1) is 0 Å². The van der Waals surface area contributed by atoms with Crippen molar-refractivity contribution in [2.45, 2.75) is 30.7 Å². The van der Waals surface area contributed by atoms with E-state index in [-0.39, 0.29) is 10.8 Å². The fourth-order valence-electron chi connectivity index (χ4n) is 2.87. The predicted molar refractivity (Wildman–Crippen MR) is 84.3 cm³/mol. The summed E-state index contributed by atoms with van der Waals surface area (Å²) in [4.78, 5) is 14.7. The number of likely N-dealkylation sites (N-methyl/N-ethyl adjacent to an activating group) is 1. The van der Waals surface area contributed by atoms with Gasteiger partial charge in [-0.15, -0.1) is 0 Å². The molecule has 2 N–H and O–H groups in total. The largest absolute Gasteiger partial charge is 0.349 e. The van der Waals surface area contributed by atoms with Crippen molar-refractivity contribution >= 4 is 15.9 Å². The van der Waals surface area contributed by atoms with Crippen LogP contribution in [0.5, 0.6) is 0 Å². The van der Waals surface area contributed by atoms with Gasteiger partial charge in [-0.05, 0) is 39.0 Å². The summed E-state index contributed by atoms with van der Waals surface area (Å²) in [6.45, 7) is 4.76. The summed E-state index contributed by atoms with van der Waals surface area (Å²) in [5, 5.41) is 2.91. The van der Waals surface area contributed by atoms with Gasteiger partial charge in [0.25, 0.3) is 5.91 Å². The third-order valence-corrected chi connectivity index (χ3v) is 5.58. The lowest BCUT2D eigenvalue weighted by Crippen LogP contribution is -2.40. The molecule has 0 spiro atoms. The van der Waals surface area contributed by atoms with E-state index in [4.69, 9.17) is 0 Å². The zero-order valence-corrected chi connectivity index (χ0v) is 14.1. The first-order chi connectivity index (χ1) is 10.4. The van der Waals surface area contributed by atoms with Crippen LogP contribution in [0.2, 0.25) is 0 Å². The molecule has 1 unspecified atom stereocenters. The van der Waals surface area contributed by atoms with Crippen molar-refractivity contribution in [3.63, 3.8) is 0 Å². The lowest BCUT2D eigenvalue weighted by molar-refractivity contribution is 0.0933. The van der Waals surface area contributed by atoms with E-state index < -0.39 is 10.0 Å². The number of hydrogen-bond acceptors (Lipinski definition) is 4. The van der Waals surface area contributed by atoms with Crippen LogP contribution in [0.3, 0.4) is 0 Å². The Balaban J connectivity index is 2.04. The highest BCUT2D eigenvalue weighted by atomic mass is 32.2. The van der Waals surface area contributed by atoms with Gasteiger partial charge in [0, 0.05) is 25.8 Å². The Morgan fingerprint density at radius 2 is 2.18 bits per heavy atom. The number of carbonyl (C=O) groups is 1. The molecule has 0 saturated carbocycles. The maximum Gasteiger partial charge on any atom is 0.267 e. The molecule has 0 radical (unpaired) electrons. The molecule has 22 heavy (non-hydrogen) atoms. The average Bonchev–Trinajstić information content (AvgIpc) is 3.11. The summed E-state index contributed by atoms with van der Waals surface area (Å²) in [5.74, 6) is -0.247. The molecule has 1 aromatic rings. The zero-order chi connectivity index (χ0) is 16.3. The van der Waals surface area contributed by atoms with Crippen LogP contribution in [0.15, 0.2) is 17.2 Å². The van der Waals surface area contributed by atoms with Crippen molar-refractivity contribution < 1.29 is 13.2 Å². The third kappa shape index (κ3) is 3.50. The average molecular weight is 328 g/mol. The molecule has 2 rings (SSSR count). The lowest BCUT2D eigenvalue weighted by atomic mass is 10.2. The minimum absolute atomic E-state index is 0.0960. The van der Waals surface area contributed by atoms with Crippen molar-refractivity contribution in [3.8, 4) is 0 Å². The van der Waals surface area contributed by atoms with E-state index in [1.165, 1.54) is 23.9 Å². The van der Waals surface area contributed by atoms with Crippen molar-refractivity contribution in [2.24, 2.45) is 7.05 Å². The van der Waals surface area contributed by atoms with Crippen LogP contribution >= 0.6 is 0 Å². The van der Waals surface area contributed by atoms with Gasteiger partial charge >= 0.3 is 0 Å². The summed E-state index contributed by atoms with van der Waals surface area (Å²) in [6, 6.07) is 1.77. The number of nitrogens with zero attached hydrogens (tertiary/aromatic N) is 2. The number of aromatic nitrogens is 1. The molecule has 0 aliphatic carbocycles. The molecule has 1 atom stereocenters. The smallest absolute Gasteiger partial charge is 0.267 e. The van der Waals surface area contributed by atoms with E-state index in [0.29, 0.717) is 18.3 Å². The van der Waals surface area contributed by atoms with Gasteiger partial charge < -0.3 is 9.88 Å².